The van der Waals surface area contributed by atoms with Crippen LogP contribution in [0.4, 0.5) is 8.78 Å². The molecular weight excluding hydrogens is 401 g/mol. The fourth-order valence-corrected chi connectivity index (χ4v) is 3.55. The number of ether oxygens (including phenoxy) is 1. The molecule has 0 saturated heterocycles. The van der Waals surface area contributed by atoms with Crippen molar-refractivity contribution >= 4 is 39.4 Å². The highest BCUT2D eigenvalue weighted by Gasteiger charge is 2.50. The van der Waals surface area contributed by atoms with Crippen LogP contribution in [0.25, 0.3) is 0 Å². The summed E-state index contributed by atoms with van der Waals surface area (Å²) >= 11 is 0. The van der Waals surface area contributed by atoms with Crippen molar-refractivity contribution in [2.75, 3.05) is 0 Å². The number of benzene rings is 2. The van der Waals surface area contributed by atoms with Gasteiger partial charge in [0.05, 0.1) is 20.2 Å². The monoisotopic (exact) mass is 411 g/mol. The average molecular weight is 411 g/mol. The van der Waals surface area contributed by atoms with Gasteiger partial charge in [0.1, 0.15) is 19.5 Å². The standard InChI is InChI=1S/C17H10B3F2NO5S/c18-16(10-6-11(21)8-12(22)7-10)14(24)13(15(23)27-16)28-29(25,26)17(19,20)9-4-2-1-3-5-9/h1-8H,23H2/t16-/m0/s1. The fourth-order valence-electron chi connectivity index (χ4n) is 2.61. The molecular formula is C17H10B3F2NO5S. The molecule has 0 spiro atoms. The second-order valence-electron chi connectivity index (χ2n) is 6.21. The summed E-state index contributed by atoms with van der Waals surface area (Å²) in [5.41, 5.74) is 2.53. The summed E-state index contributed by atoms with van der Waals surface area (Å²) in [7, 11) is 12.4. The van der Waals surface area contributed by atoms with Gasteiger partial charge in [-0.05, 0) is 23.3 Å². The van der Waals surface area contributed by atoms with Crippen molar-refractivity contribution in [3.8, 4) is 0 Å². The molecule has 0 fully saturated rings. The van der Waals surface area contributed by atoms with E-state index in [-0.39, 0.29) is 5.56 Å². The summed E-state index contributed by atoms with van der Waals surface area (Å²) in [6.07, 6.45) is 0. The molecule has 2 aromatic rings. The van der Waals surface area contributed by atoms with E-state index in [1.165, 1.54) is 24.3 Å². The van der Waals surface area contributed by atoms with Gasteiger partial charge in [0.25, 0.3) is 0 Å². The third-order valence-corrected chi connectivity index (χ3v) is 5.61. The lowest BCUT2D eigenvalue weighted by molar-refractivity contribution is -0.126. The van der Waals surface area contributed by atoms with Crippen molar-refractivity contribution < 1.29 is 30.9 Å². The molecule has 0 amide bonds. The van der Waals surface area contributed by atoms with Crippen LogP contribution < -0.4 is 5.73 Å². The lowest BCUT2D eigenvalue weighted by Gasteiger charge is -2.26. The van der Waals surface area contributed by atoms with Gasteiger partial charge in [-0.3, -0.25) is 4.79 Å². The molecule has 2 aromatic carbocycles. The lowest BCUT2D eigenvalue weighted by Crippen LogP contribution is -2.40. The summed E-state index contributed by atoms with van der Waals surface area (Å²) in [6, 6.07) is 9.23. The van der Waals surface area contributed by atoms with E-state index in [1.54, 1.807) is 6.07 Å². The van der Waals surface area contributed by atoms with Gasteiger partial charge in [-0.25, -0.2) is 8.78 Å². The molecule has 1 atom stereocenters. The topological polar surface area (TPSA) is 95.7 Å². The van der Waals surface area contributed by atoms with Crippen LogP contribution in [0, 0.1) is 11.6 Å². The number of hydrogen-bond acceptors (Lipinski definition) is 6. The minimum atomic E-state index is -4.90. The van der Waals surface area contributed by atoms with Crippen LogP contribution in [-0.4, -0.2) is 37.7 Å². The minimum absolute atomic E-state index is 0.0447. The van der Waals surface area contributed by atoms with E-state index in [9.17, 15) is 22.0 Å². The van der Waals surface area contributed by atoms with Crippen LogP contribution in [0.1, 0.15) is 11.1 Å². The van der Waals surface area contributed by atoms with Crippen molar-refractivity contribution in [1.82, 2.24) is 0 Å². The van der Waals surface area contributed by atoms with Crippen LogP contribution in [0.5, 0.6) is 0 Å². The van der Waals surface area contributed by atoms with E-state index in [0.29, 0.717) is 6.07 Å². The Bertz CT molecular complexity index is 1100. The summed E-state index contributed by atoms with van der Waals surface area (Å²) in [5, 5.41) is 0. The first kappa shape index (κ1) is 21.0. The normalized spacial score (nSPS) is 19.9. The molecule has 1 aliphatic rings. The molecule has 0 aromatic heterocycles. The molecule has 0 aliphatic carbocycles. The first-order valence-electron chi connectivity index (χ1n) is 7.95. The average Bonchev–Trinajstić information content (AvgIpc) is 2.85. The van der Waals surface area contributed by atoms with Crippen LogP contribution >= 0.6 is 0 Å². The van der Waals surface area contributed by atoms with Crippen LogP contribution in [0.3, 0.4) is 0 Å². The second-order valence-corrected chi connectivity index (χ2v) is 7.97. The third-order valence-electron chi connectivity index (χ3n) is 4.16. The van der Waals surface area contributed by atoms with Crippen molar-refractivity contribution in [3.05, 3.63) is 82.9 Å². The zero-order valence-electron chi connectivity index (χ0n) is 14.6. The molecule has 0 bridgehead atoms. The van der Waals surface area contributed by atoms with E-state index >= 15 is 0 Å². The highest BCUT2D eigenvalue weighted by molar-refractivity contribution is 7.90. The Morgan fingerprint density at radius 1 is 1.07 bits per heavy atom. The summed E-state index contributed by atoms with van der Waals surface area (Å²) in [6.45, 7) is 0. The van der Waals surface area contributed by atoms with Gasteiger partial charge >= 0.3 is 10.1 Å². The van der Waals surface area contributed by atoms with Gasteiger partial charge < -0.3 is 14.7 Å². The van der Waals surface area contributed by atoms with E-state index in [2.05, 4.69) is 0 Å². The number of rotatable bonds is 5. The van der Waals surface area contributed by atoms with Crippen LogP contribution in [-0.2, 0) is 33.9 Å². The lowest BCUT2D eigenvalue weighted by atomic mass is 9.65. The van der Waals surface area contributed by atoms with Crippen LogP contribution in [0.15, 0.2) is 60.2 Å². The number of nitrogens with two attached hydrogens (primary N) is 1. The molecule has 2 N–H and O–H groups in total. The molecule has 29 heavy (non-hydrogen) atoms. The molecule has 1 heterocycles. The van der Waals surface area contributed by atoms with Gasteiger partial charge in [0.15, 0.2) is 5.50 Å². The predicted molar refractivity (Wildman–Crippen MR) is 101 cm³/mol. The number of ketones is 1. The number of Topliss-reactive ketones (excluding diaryl/α,β-unsaturated/α-hetero) is 1. The Hall–Kier alpha value is -2.75. The van der Waals surface area contributed by atoms with Crippen molar-refractivity contribution in [2.45, 2.75) is 10.0 Å². The Kier molecular flexibility index (Phi) is 5.02. The highest BCUT2D eigenvalue weighted by atomic mass is 32.2. The van der Waals surface area contributed by atoms with Gasteiger partial charge in [-0.1, -0.05) is 30.3 Å². The fraction of sp³-hybridized carbons (Fsp3) is 0.118. The summed E-state index contributed by atoms with van der Waals surface area (Å²) in [5.74, 6) is -5.24. The number of carbonyl (C=O) groups is 1. The minimum Gasteiger partial charge on any atom is -0.467 e. The van der Waals surface area contributed by atoms with Gasteiger partial charge in [0, 0.05) is 6.07 Å². The molecule has 0 saturated carbocycles. The van der Waals surface area contributed by atoms with Crippen molar-refractivity contribution in [1.29, 1.82) is 0 Å². The molecule has 6 radical (unpaired) electrons. The largest absolute Gasteiger partial charge is 0.467 e. The molecule has 12 heteroatoms. The van der Waals surface area contributed by atoms with Gasteiger partial charge in [0.2, 0.25) is 17.4 Å². The number of hydrogen-bond donors (Lipinski definition) is 1. The van der Waals surface area contributed by atoms with E-state index < -0.39 is 54.8 Å². The second kappa shape index (κ2) is 6.94. The van der Waals surface area contributed by atoms with E-state index in [0.717, 1.165) is 12.1 Å². The molecule has 6 nitrogen and oxygen atoms in total. The van der Waals surface area contributed by atoms with Crippen LogP contribution in [0.2, 0.25) is 0 Å². The van der Waals surface area contributed by atoms with E-state index in [1.807, 2.05) is 0 Å². The SMILES string of the molecule is [B]C([B])(c1ccccc1)S(=O)(=O)OC1=C(N)O[C@@]([B])(c2cc(F)cc(F)c2)C1=O. The smallest absolute Gasteiger partial charge is 0.302 e. The van der Waals surface area contributed by atoms with Crippen molar-refractivity contribution in [3.63, 3.8) is 0 Å². The quantitative estimate of drug-likeness (QED) is 0.570. The third kappa shape index (κ3) is 3.52. The zero-order chi connectivity index (χ0) is 21.6. The Morgan fingerprint density at radius 2 is 1.62 bits per heavy atom. The van der Waals surface area contributed by atoms with Gasteiger partial charge in [-0.15, -0.1) is 0 Å². The predicted octanol–water partition coefficient (Wildman–Crippen LogP) is 0.507. The first-order chi connectivity index (χ1) is 13.4. The molecule has 0 unspecified atom stereocenters. The highest BCUT2D eigenvalue weighted by Crippen LogP contribution is 2.38. The Morgan fingerprint density at radius 3 is 2.17 bits per heavy atom. The maximum atomic E-state index is 13.5. The van der Waals surface area contributed by atoms with E-state index in [4.69, 9.17) is 38.2 Å². The Balaban J connectivity index is 1.96. The molecule has 3 rings (SSSR count). The molecule has 1 aliphatic heterocycles. The van der Waals surface area contributed by atoms with Gasteiger partial charge in [-0.2, -0.15) is 8.42 Å². The number of halogens is 2. The maximum absolute atomic E-state index is 13.5. The number of carbonyl (C=O) groups excluding carboxylic acids is 1. The zero-order valence-corrected chi connectivity index (χ0v) is 15.5. The summed E-state index contributed by atoms with van der Waals surface area (Å²) < 4.78 is 59.5. The maximum Gasteiger partial charge on any atom is 0.302 e. The first-order valence-corrected chi connectivity index (χ1v) is 9.35. The Labute approximate surface area is 169 Å². The molecule has 142 valence electrons. The summed E-state index contributed by atoms with van der Waals surface area (Å²) in [4.78, 5) is 12.7. The van der Waals surface area contributed by atoms with Crippen molar-refractivity contribution in [2.24, 2.45) is 5.73 Å².